The minimum absolute atomic E-state index is 0.0523. The van der Waals surface area contributed by atoms with Crippen molar-refractivity contribution in [3.05, 3.63) is 82.2 Å². The number of nitrogens with one attached hydrogen (secondary N) is 2. The van der Waals surface area contributed by atoms with Crippen LogP contribution in [0.15, 0.2) is 48.8 Å². The largest absolute Gasteiger partial charge is 0.417 e. The minimum Gasteiger partial charge on any atom is -0.324 e. The summed E-state index contributed by atoms with van der Waals surface area (Å²) in [5, 5.41) is 18.4. The van der Waals surface area contributed by atoms with E-state index in [1.807, 2.05) is 12.3 Å². The fraction of sp³-hybridized carbons (Fsp3) is 0.512. The summed E-state index contributed by atoms with van der Waals surface area (Å²) in [7, 11) is 0. The first-order chi connectivity index (χ1) is 28.1. The number of hydrogen-bond donors (Lipinski definition) is 2. The van der Waals surface area contributed by atoms with Crippen LogP contribution in [0.1, 0.15) is 114 Å². The van der Waals surface area contributed by atoms with Gasteiger partial charge in [-0.1, -0.05) is 12.1 Å². The van der Waals surface area contributed by atoms with Crippen LogP contribution in [0.4, 0.5) is 18.9 Å². The van der Waals surface area contributed by atoms with E-state index in [2.05, 4.69) is 25.5 Å². The fourth-order valence-corrected chi connectivity index (χ4v) is 9.61. The molecule has 0 radical (unpaired) electrons. The van der Waals surface area contributed by atoms with E-state index in [-0.39, 0.29) is 24.4 Å². The molecular formula is C43H47F3N8O5. The third kappa shape index (κ3) is 7.78. The van der Waals surface area contributed by atoms with Gasteiger partial charge in [0.25, 0.3) is 17.7 Å². The van der Waals surface area contributed by atoms with Crippen molar-refractivity contribution in [3.63, 3.8) is 0 Å². The Morgan fingerprint density at radius 1 is 0.966 bits per heavy atom. The minimum atomic E-state index is -4.73. The maximum Gasteiger partial charge on any atom is 0.417 e. The van der Waals surface area contributed by atoms with Crippen LogP contribution in [0, 0.1) is 17.2 Å². The van der Waals surface area contributed by atoms with Gasteiger partial charge in [0, 0.05) is 43.5 Å². The number of imide groups is 2. The number of amides is 5. The van der Waals surface area contributed by atoms with Gasteiger partial charge in [0.2, 0.25) is 11.8 Å². The smallest absolute Gasteiger partial charge is 0.324 e. The van der Waals surface area contributed by atoms with E-state index >= 15 is 0 Å². The van der Waals surface area contributed by atoms with Crippen LogP contribution in [0.25, 0.3) is 0 Å². The van der Waals surface area contributed by atoms with Crippen LogP contribution in [-0.2, 0) is 32.5 Å². The number of rotatable bonds is 10. The highest BCUT2D eigenvalue weighted by Gasteiger charge is 2.46. The Morgan fingerprint density at radius 3 is 2.44 bits per heavy atom. The summed E-state index contributed by atoms with van der Waals surface area (Å²) in [6.45, 7) is 7.29. The van der Waals surface area contributed by atoms with Gasteiger partial charge in [-0.2, -0.15) is 23.5 Å². The van der Waals surface area contributed by atoms with Crippen molar-refractivity contribution in [3.8, 4) is 6.07 Å². The van der Waals surface area contributed by atoms with Crippen LogP contribution in [-0.4, -0.2) is 98.3 Å². The summed E-state index contributed by atoms with van der Waals surface area (Å²) in [5.74, 6) is -1.67. The molecule has 4 fully saturated rings. The first-order valence-corrected chi connectivity index (χ1v) is 20.4. The lowest BCUT2D eigenvalue weighted by Crippen LogP contribution is -2.62. The van der Waals surface area contributed by atoms with Crippen LogP contribution in [0.2, 0.25) is 0 Å². The molecule has 3 saturated heterocycles. The predicted octanol–water partition coefficient (Wildman–Crippen LogP) is 5.21. The topological polar surface area (TPSA) is 161 Å². The maximum atomic E-state index is 13.5. The zero-order valence-electron chi connectivity index (χ0n) is 33.1. The molecule has 2 N–H and O–H groups in total. The Hall–Kier alpha value is -5.40. The molecule has 3 aromatic rings. The molecule has 0 spiro atoms. The van der Waals surface area contributed by atoms with Crippen LogP contribution in [0.3, 0.4) is 0 Å². The second-order valence-electron chi connectivity index (χ2n) is 17.2. The lowest BCUT2D eigenvalue weighted by atomic mass is 9.89. The number of nitriles is 1. The number of benzene rings is 2. The van der Waals surface area contributed by atoms with E-state index in [9.17, 15) is 37.1 Å². The van der Waals surface area contributed by atoms with Gasteiger partial charge in [0.05, 0.1) is 34.5 Å². The normalized spacial score (nSPS) is 23.6. The van der Waals surface area contributed by atoms with E-state index in [1.54, 1.807) is 42.9 Å². The van der Waals surface area contributed by atoms with Crippen LogP contribution >= 0.6 is 0 Å². The highest BCUT2D eigenvalue weighted by atomic mass is 19.4. The molecular weight excluding hydrogens is 766 g/mol. The Kier molecular flexibility index (Phi) is 10.7. The first-order valence-electron chi connectivity index (χ1n) is 20.4. The zero-order valence-corrected chi connectivity index (χ0v) is 33.1. The summed E-state index contributed by atoms with van der Waals surface area (Å²) in [4.78, 5) is 70.4. The van der Waals surface area contributed by atoms with Crippen molar-refractivity contribution >= 4 is 35.2 Å². The Bertz CT molecular complexity index is 2230. The lowest BCUT2D eigenvalue weighted by Gasteiger charge is -2.50. The number of halogens is 3. The Morgan fingerprint density at radius 2 is 1.73 bits per heavy atom. The molecule has 59 heavy (non-hydrogen) atoms. The second-order valence-corrected chi connectivity index (χ2v) is 17.2. The lowest BCUT2D eigenvalue weighted by molar-refractivity contribution is -0.138. The standard InChI is InChI=1S/C43H47F3N8O5/c1-42(2,41(59)49-30-10-9-28(20-47)34(19-30)43(44,45)46)53-22-29(21-48-53)26-14-16-51(17-15-26)32-23-52(24-32)31-11-7-25(18-31)6-8-27-4-3-5-33-37(27)40(58)54(39(33)57)35-12-13-36(55)50-38(35)56/h3-5,9-10,19,21-22,25-26,31-32,35H,6-8,11-18,23-24H2,1-2H3,(H,49,59)(H,50,55,56). The molecule has 0 bridgehead atoms. The van der Waals surface area contributed by atoms with Gasteiger partial charge < -0.3 is 5.32 Å². The average molecular weight is 813 g/mol. The molecule has 16 heteroatoms. The number of hydrogen-bond acceptors (Lipinski definition) is 9. The number of fused-ring (bicyclic) bond motifs is 1. The molecule has 5 aliphatic rings. The number of anilines is 1. The first kappa shape index (κ1) is 40.4. The van der Waals surface area contributed by atoms with Crippen molar-refractivity contribution < 1.29 is 37.1 Å². The number of alkyl halides is 3. The quantitative estimate of drug-likeness (QED) is 0.262. The third-order valence-corrected chi connectivity index (χ3v) is 13.2. The number of aryl methyl sites for hydroxylation is 1. The van der Waals surface area contributed by atoms with Crippen LogP contribution < -0.4 is 10.6 Å². The number of aromatic nitrogens is 2. The van der Waals surface area contributed by atoms with Gasteiger partial charge in [-0.3, -0.25) is 48.7 Å². The number of likely N-dealkylation sites (tertiary alicyclic amines) is 2. The van der Waals surface area contributed by atoms with Crippen molar-refractivity contribution in [2.45, 2.75) is 107 Å². The Labute approximate surface area is 339 Å². The van der Waals surface area contributed by atoms with Gasteiger partial charge in [-0.15, -0.1) is 0 Å². The zero-order chi connectivity index (χ0) is 41.8. The van der Waals surface area contributed by atoms with Gasteiger partial charge in [0.1, 0.15) is 11.6 Å². The highest BCUT2D eigenvalue weighted by Crippen LogP contribution is 2.39. The van der Waals surface area contributed by atoms with E-state index in [4.69, 9.17) is 5.26 Å². The number of nitrogens with zero attached hydrogens (tertiary/aromatic N) is 6. The van der Waals surface area contributed by atoms with E-state index in [1.165, 1.54) is 6.07 Å². The molecule has 4 aliphatic heterocycles. The van der Waals surface area contributed by atoms with E-state index < -0.39 is 58.4 Å². The van der Waals surface area contributed by atoms with Crippen molar-refractivity contribution in [2.75, 3.05) is 31.5 Å². The van der Waals surface area contributed by atoms with Crippen molar-refractivity contribution in [2.24, 2.45) is 5.92 Å². The summed E-state index contributed by atoms with van der Waals surface area (Å²) >= 11 is 0. The number of carbonyl (C=O) groups excluding carboxylic acids is 5. The molecule has 3 atom stereocenters. The van der Waals surface area contributed by atoms with Gasteiger partial charge in [-0.25, -0.2) is 0 Å². The van der Waals surface area contributed by atoms with Gasteiger partial charge in [-0.05, 0) is 126 Å². The van der Waals surface area contributed by atoms with Crippen molar-refractivity contribution in [1.29, 1.82) is 5.26 Å². The number of carbonyl (C=O) groups is 5. The molecule has 1 aliphatic carbocycles. The third-order valence-electron chi connectivity index (χ3n) is 13.2. The molecule has 5 amide bonds. The summed E-state index contributed by atoms with van der Waals surface area (Å²) in [6, 6.07) is 10.1. The van der Waals surface area contributed by atoms with Crippen LogP contribution in [0.5, 0.6) is 0 Å². The molecule has 3 unspecified atom stereocenters. The summed E-state index contributed by atoms with van der Waals surface area (Å²) < 4.78 is 42.0. The molecule has 1 aromatic heterocycles. The predicted molar refractivity (Wildman–Crippen MR) is 208 cm³/mol. The monoisotopic (exact) mass is 812 g/mol. The highest BCUT2D eigenvalue weighted by molar-refractivity contribution is 6.24. The summed E-state index contributed by atoms with van der Waals surface area (Å²) in [5.41, 5.74) is -0.285. The molecule has 13 nitrogen and oxygen atoms in total. The fourth-order valence-electron chi connectivity index (χ4n) is 9.61. The second kappa shape index (κ2) is 15.6. The average Bonchev–Trinajstić information content (AvgIpc) is 3.93. The molecule has 1 saturated carbocycles. The molecule has 8 rings (SSSR count). The summed E-state index contributed by atoms with van der Waals surface area (Å²) in [6.07, 6.45) is 5.96. The van der Waals surface area contributed by atoms with Crippen molar-refractivity contribution in [1.82, 2.24) is 29.8 Å². The maximum absolute atomic E-state index is 13.5. The Balaban J connectivity index is 0.787. The van der Waals surface area contributed by atoms with Gasteiger partial charge >= 0.3 is 6.18 Å². The van der Waals surface area contributed by atoms with Gasteiger partial charge in [0.15, 0.2) is 0 Å². The molecule has 310 valence electrons. The SMILES string of the molecule is CC(C)(C(=O)Nc1ccc(C#N)c(C(F)(F)F)c1)n1cc(C2CCN(C3CN(C4CCC(CCc5cccc6c5C(=O)N(C5CCC(=O)NC5=O)C6=O)C4)C3)CC2)cn1. The molecule has 5 heterocycles. The number of piperidine rings is 2. The van der Waals surface area contributed by atoms with E-state index in [0.29, 0.717) is 35.5 Å². The molecule has 2 aromatic carbocycles. The van der Waals surface area contributed by atoms with E-state index in [0.717, 1.165) is 92.9 Å².